The topological polar surface area (TPSA) is 71.5 Å². The Morgan fingerprint density at radius 2 is 2.10 bits per heavy atom. The van der Waals surface area contributed by atoms with Crippen molar-refractivity contribution in [1.82, 2.24) is 10.3 Å². The van der Waals surface area contributed by atoms with Crippen LogP contribution in [0.4, 0.5) is 0 Å². The number of amides is 1. The summed E-state index contributed by atoms with van der Waals surface area (Å²) in [6.07, 6.45) is 2.05. The minimum Gasteiger partial charge on any atom is -0.396 e. The standard InChI is InChI=1S/C14H24N2O3S/c1-13(2,3)12-15-8-10(20-12)11(18)16-14(4,6-7-17)9-19-5/h8,17H,6-7,9H2,1-5H3,(H,16,18). The number of hydrogen-bond donors (Lipinski definition) is 2. The van der Waals surface area contributed by atoms with E-state index in [9.17, 15) is 4.79 Å². The third-order valence-electron chi connectivity index (χ3n) is 2.91. The monoisotopic (exact) mass is 300 g/mol. The molecule has 1 aromatic heterocycles. The van der Waals surface area contributed by atoms with Crippen molar-refractivity contribution in [3.05, 3.63) is 16.1 Å². The molecule has 0 aliphatic rings. The molecule has 114 valence electrons. The Kier molecular flexibility index (Phi) is 5.68. The largest absolute Gasteiger partial charge is 0.396 e. The molecule has 1 rings (SSSR count). The second-order valence-corrected chi connectivity index (χ2v) is 7.23. The minimum atomic E-state index is -0.577. The van der Waals surface area contributed by atoms with Crippen molar-refractivity contribution in [3.63, 3.8) is 0 Å². The summed E-state index contributed by atoms with van der Waals surface area (Å²) in [5, 5.41) is 13.0. The third kappa shape index (κ3) is 4.54. The third-order valence-corrected chi connectivity index (χ3v) is 4.33. The van der Waals surface area contributed by atoms with E-state index in [-0.39, 0.29) is 17.9 Å². The van der Waals surface area contributed by atoms with E-state index < -0.39 is 5.54 Å². The van der Waals surface area contributed by atoms with Gasteiger partial charge in [-0.2, -0.15) is 0 Å². The molecule has 0 aromatic carbocycles. The second-order valence-electron chi connectivity index (χ2n) is 6.20. The van der Waals surface area contributed by atoms with Gasteiger partial charge in [0.05, 0.1) is 23.4 Å². The van der Waals surface area contributed by atoms with Crippen molar-refractivity contribution in [3.8, 4) is 0 Å². The zero-order chi connectivity index (χ0) is 15.4. The van der Waals surface area contributed by atoms with Gasteiger partial charge in [0.25, 0.3) is 5.91 Å². The van der Waals surface area contributed by atoms with Crippen LogP contribution in [0.15, 0.2) is 6.20 Å². The first-order chi connectivity index (χ1) is 9.22. The van der Waals surface area contributed by atoms with Crippen LogP contribution in [0.2, 0.25) is 0 Å². The molecule has 0 radical (unpaired) electrons. The van der Waals surface area contributed by atoms with Gasteiger partial charge in [-0.1, -0.05) is 20.8 Å². The van der Waals surface area contributed by atoms with Crippen LogP contribution in [0.1, 0.15) is 48.8 Å². The van der Waals surface area contributed by atoms with Crippen LogP contribution in [-0.4, -0.2) is 41.9 Å². The molecule has 1 amide bonds. The first-order valence-corrected chi connectivity index (χ1v) is 7.42. The molecule has 5 nitrogen and oxygen atoms in total. The Morgan fingerprint density at radius 3 is 2.55 bits per heavy atom. The number of methoxy groups -OCH3 is 1. The SMILES string of the molecule is COCC(C)(CCO)NC(=O)c1cnc(C(C)(C)C)s1. The molecule has 0 saturated carbocycles. The Hall–Kier alpha value is -0.980. The number of aliphatic hydroxyl groups is 1. The van der Waals surface area contributed by atoms with E-state index in [2.05, 4.69) is 31.1 Å². The van der Waals surface area contributed by atoms with Gasteiger partial charge in [-0.25, -0.2) is 4.98 Å². The number of carbonyl (C=O) groups is 1. The summed E-state index contributed by atoms with van der Waals surface area (Å²) >= 11 is 1.40. The highest BCUT2D eigenvalue weighted by molar-refractivity contribution is 7.13. The van der Waals surface area contributed by atoms with E-state index in [1.807, 2.05) is 6.92 Å². The maximum Gasteiger partial charge on any atom is 0.263 e. The molecule has 2 N–H and O–H groups in total. The maximum atomic E-state index is 12.3. The Bertz CT molecular complexity index is 446. The smallest absolute Gasteiger partial charge is 0.263 e. The molecule has 0 aliphatic heterocycles. The molecule has 1 heterocycles. The second kappa shape index (κ2) is 6.65. The van der Waals surface area contributed by atoms with Gasteiger partial charge < -0.3 is 15.2 Å². The highest BCUT2D eigenvalue weighted by atomic mass is 32.1. The molecule has 6 heteroatoms. The molecule has 0 saturated heterocycles. The molecule has 1 unspecified atom stereocenters. The first kappa shape index (κ1) is 17.1. The average Bonchev–Trinajstić information content (AvgIpc) is 2.77. The lowest BCUT2D eigenvalue weighted by Gasteiger charge is -2.29. The average molecular weight is 300 g/mol. The van der Waals surface area contributed by atoms with Gasteiger partial charge in [0.1, 0.15) is 4.88 Å². The highest BCUT2D eigenvalue weighted by Gasteiger charge is 2.28. The predicted octanol–water partition coefficient (Wildman–Crippen LogP) is 1.96. The van der Waals surface area contributed by atoms with E-state index in [0.717, 1.165) is 5.01 Å². The molecular weight excluding hydrogens is 276 g/mol. The van der Waals surface area contributed by atoms with Crippen LogP contribution in [-0.2, 0) is 10.2 Å². The number of aromatic nitrogens is 1. The van der Waals surface area contributed by atoms with Crippen molar-refractivity contribution in [2.24, 2.45) is 0 Å². The summed E-state index contributed by atoms with van der Waals surface area (Å²) in [6.45, 7) is 8.40. The summed E-state index contributed by atoms with van der Waals surface area (Å²) in [5.74, 6) is -0.175. The quantitative estimate of drug-likeness (QED) is 0.842. The molecule has 0 aliphatic carbocycles. The van der Waals surface area contributed by atoms with Crippen LogP contribution < -0.4 is 5.32 Å². The van der Waals surface area contributed by atoms with Gasteiger partial charge in [0.15, 0.2) is 0 Å². The van der Waals surface area contributed by atoms with Crippen LogP contribution in [0, 0.1) is 0 Å². The minimum absolute atomic E-state index is 0.00390. The molecule has 1 aromatic rings. The number of carbonyl (C=O) groups excluding carboxylic acids is 1. The highest BCUT2D eigenvalue weighted by Crippen LogP contribution is 2.27. The van der Waals surface area contributed by atoms with Crippen molar-refractivity contribution in [1.29, 1.82) is 0 Å². The fourth-order valence-corrected chi connectivity index (χ4v) is 2.67. The van der Waals surface area contributed by atoms with E-state index in [4.69, 9.17) is 9.84 Å². The van der Waals surface area contributed by atoms with Gasteiger partial charge >= 0.3 is 0 Å². The van der Waals surface area contributed by atoms with Crippen LogP contribution >= 0.6 is 11.3 Å². The van der Waals surface area contributed by atoms with Gasteiger partial charge in [0, 0.05) is 19.1 Å². The van der Waals surface area contributed by atoms with Crippen LogP contribution in [0.25, 0.3) is 0 Å². The number of rotatable bonds is 6. The predicted molar refractivity (Wildman–Crippen MR) is 80.3 cm³/mol. The van der Waals surface area contributed by atoms with E-state index in [0.29, 0.717) is 17.9 Å². The van der Waals surface area contributed by atoms with Gasteiger partial charge in [-0.15, -0.1) is 11.3 Å². The number of nitrogens with one attached hydrogen (secondary N) is 1. The molecule has 1 atom stereocenters. The van der Waals surface area contributed by atoms with Gasteiger partial charge in [-0.3, -0.25) is 4.79 Å². The summed E-state index contributed by atoms with van der Waals surface area (Å²) in [5.41, 5.74) is -0.642. The Morgan fingerprint density at radius 1 is 1.45 bits per heavy atom. The lowest BCUT2D eigenvalue weighted by molar-refractivity contribution is 0.0729. The zero-order valence-electron chi connectivity index (χ0n) is 12.8. The summed E-state index contributed by atoms with van der Waals surface area (Å²) in [4.78, 5) is 17.2. The normalized spacial score (nSPS) is 14.9. The van der Waals surface area contributed by atoms with E-state index >= 15 is 0 Å². The van der Waals surface area contributed by atoms with Crippen LogP contribution in [0.5, 0.6) is 0 Å². The van der Waals surface area contributed by atoms with Gasteiger partial charge in [0.2, 0.25) is 0 Å². The molecule has 0 spiro atoms. The fourth-order valence-electron chi connectivity index (χ4n) is 1.80. The molecule has 0 fully saturated rings. The van der Waals surface area contributed by atoms with Crippen molar-refractivity contribution in [2.45, 2.75) is 45.1 Å². The number of ether oxygens (including phenoxy) is 1. The molecular formula is C14H24N2O3S. The number of nitrogens with zero attached hydrogens (tertiary/aromatic N) is 1. The fraction of sp³-hybridized carbons (Fsp3) is 0.714. The lowest BCUT2D eigenvalue weighted by Crippen LogP contribution is -2.49. The number of aliphatic hydroxyl groups excluding tert-OH is 1. The number of hydrogen-bond acceptors (Lipinski definition) is 5. The Labute approximate surface area is 124 Å². The lowest BCUT2D eigenvalue weighted by atomic mass is 9.98. The summed E-state index contributed by atoms with van der Waals surface area (Å²) in [6, 6.07) is 0. The first-order valence-electron chi connectivity index (χ1n) is 6.60. The van der Waals surface area contributed by atoms with Crippen molar-refractivity contribution in [2.75, 3.05) is 20.3 Å². The van der Waals surface area contributed by atoms with Crippen LogP contribution in [0.3, 0.4) is 0 Å². The van der Waals surface area contributed by atoms with E-state index in [1.54, 1.807) is 13.3 Å². The molecule has 0 bridgehead atoms. The zero-order valence-corrected chi connectivity index (χ0v) is 13.6. The van der Waals surface area contributed by atoms with Crippen molar-refractivity contribution < 1.29 is 14.6 Å². The molecule has 20 heavy (non-hydrogen) atoms. The summed E-state index contributed by atoms with van der Waals surface area (Å²) in [7, 11) is 1.58. The van der Waals surface area contributed by atoms with E-state index in [1.165, 1.54) is 11.3 Å². The Balaban J connectivity index is 2.82. The maximum absolute atomic E-state index is 12.3. The van der Waals surface area contributed by atoms with Crippen molar-refractivity contribution >= 4 is 17.2 Å². The van der Waals surface area contributed by atoms with Gasteiger partial charge in [-0.05, 0) is 13.3 Å². The number of thiazole rings is 1. The summed E-state index contributed by atoms with van der Waals surface area (Å²) < 4.78 is 5.12.